The Kier molecular flexibility index (Phi) is 6.11. The van der Waals surface area contributed by atoms with E-state index in [0.29, 0.717) is 17.4 Å². The minimum atomic E-state index is -0.237. The van der Waals surface area contributed by atoms with Gasteiger partial charge in [-0.25, -0.2) is 4.98 Å². The minimum Gasteiger partial charge on any atom is -0.348 e. The molecule has 0 saturated heterocycles. The molecule has 2 aromatic heterocycles. The zero-order valence-electron chi connectivity index (χ0n) is 15.6. The zero-order valence-corrected chi connectivity index (χ0v) is 16.4. The van der Waals surface area contributed by atoms with E-state index in [1.54, 1.807) is 6.08 Å². The number of hydrogen-bond acceptors (Lipinski definition) is 3. The molecule has 3 rings (SSSR count). The number of anilines is 1. The monoisotopic (exact) mass is 396 g/mol. The molecule has 6 nitrogen and oxygen atoms in total. The molecule has 0 aliphatic heterocycles. The summed E-state index contributed by atoms with van der Waals surface area (Å²) in [4.78, 5) is 28.1. The average Bonchev–Trinajstić information content (AvgIpc) is 3.00. The van der Waals surface area contributed by atoms with Gasteiger partial charge in [0.2, 0.25) is 11.8 Å². The van der Waals surface area contributed by atoms with Crippen molar-refractivity contribution in [2.75, 3.05) is 5.32 Å². The SMILES string of the molecule is CC(C)C(=O)Nc1ccc(CNC(=O)/C=C/c2c(Cl)nc3ccccn23)cc1. The highest BCUT2D eigenvalue weighted by atomic mass is 35.5. The molecular weight excluding hydrogens is 376 g/mol. The molecule has 3 aromatic rings. The molecule has 144 valence electrons. The van der Waals surface area contributed by atoms with E-state index in [1.807, 2.05) is 66.9 Å². The lowest BCUT2D eigenvalue weighted by atomic mass is 10.1. The van der Waals surface area contributed by atoms with Crippen molar-refractivity contribution in [3.63, 3.8) is 0 Å². The third-order valence-corrected chi connectivity index (χ3v) is 4.41. The Labute approximate surface area is 168 Å². The van der Waals surface area contributed by atoms with Gasteiger partial charge in [0.1, 0.15) is 5.65 Å². The molecule has 0 bridgehead atoms. The standard InChI is InChI=1S/C21H21ClN4O2/c1-14(2)21(28)24-16-8-6-15(7-9-16)13-23-19(27)11-10-17-20(22)25-18-5-3-4-12-26(17)18/h3-12,14H,13H2,1-2H3,(H,23,27)(H,24,28)/b11-10+. The highest BCUT2D eigenvalue weighted by Crippen LogP contribution is 2.18. The molecule has 1 aromatic carbocycles. The molecule has 0 fully saturated rings. The number of hydrogen-bond donors (Lipinski definition) is 2. The van der Waals surface area contributed by atoms with Crippen LogP contribution in [-0.2, 0) is 16.1 Å². The number of nitrogens with one attached hydrogen (secondary N) is 2. The quantitative estimate of drug-likeness (QED) is 0.620. The summed E-state index contributed by atoms with van der Waals surface area (Å²) in [6.45, 7) is 4.06. The number of carbonyl (C=O) groups excluding carboxylic acids is 2. The van der Waals surface area contributed by atoms with Gasteiger partial charge in [0.25, 0.3) is 0 Å². The van der Waals surface area contributed by atoms with E-state index in [1.165, 1.54) is 6.08 Å². The molecule has 2 heterocycles. The van der Waals surface area contributed by atoms with Crippen LogP contribution in [0.4, 0.5) is 5.69 Å². The van der Waals surface area contributed by atoms with E-state index >= 15 is 0 Å². The van der Waals surface area contributed by atoms with Crippen molar-refractivity contribution in [3.8, 4) is 0 Å². The first-order valence-corrected chi connectivity index (χ1v) is 9.30. The van der Waals surface area contributed by atoms with Gasteiger partial charge in [0.05, 0.1) is 5.69 Å². The van der Waals surface area contributed by atoms with Crippen molar-refractivity contribution < 1.29 is 9.59 Å². The predicted molar refractivity (Wildman–Crippen MR) is 111 cm³/mol. The fourth-order valence-corrected chi connectivity index (χ4v) is 2.77. The minimum absolute atomic E-state index is 0.0303. The van der Waals surface area contributed by atoms with E-state index < -0.39 is 0 Å². The van der Waals surface area contributed by atoms with Crippen molar-refractivity contribution >= 4 is 40.8 Å². The highest BCUT2D eigenvalue weighted by Gasteiger charge is 2.08. The molecular formula is C21H21ClN4O2. The lowest BCUT2D eigenvalue weighted by Gasteiger charge is -2.08. The Balaban J connectivity index is 1.57. The number of rotatable bonds is 6. The van der Waals surface area contributed by atoms with Crippen LogP contribution < -0.4 is 10.6 Å². The molecule has 0 aliphatic rings. The smallest absolute Gasteiger partial charge is 0.244 e. The predicted octanol–water partition coefficient (Wildman–Crippen LogP) is 3.91. The van der Waals surface area contributed by atoms with Crippen molar-refractivity contribution in [2.45, 2.75) is 20.4 Å². The largest absolute Gasteiger partial charge is 0.348 e. The first-order chi connectivity index (χ1) is 13.4. The third kappa shape index (κ3) is 4.78. The lowest BCUT2D eigenvalue weighted by molar-refractivity contribution is -0.119. The van der Waals surface area contributed by atoms with Gasteiger partial charge >= 0.3 is 0 Å². The van der Waals surface area contributed by atoms with Gasteiger partial charge in [-0.15, -0.1) is 0 Å². The summed E-state index contributed by atoms with van der Waals surface area (Å²) in [7, 11) is 0. The molecule has 0 aliphatic carbocycles. The fourth-order valence-electron chi connectivity index (χ4n) is 2.53. The number of carbonyl (C=O) groups is 2. The second kappa shape index (κ2) is 8.71. The maximum absolute atomic E-state index is 12.1. The van der Waals surface area contributed by atoms with Gasteiger partial charge in [0.15, 0.2) is 5.15 Å². The van der Waals surface area contributed by atoms with E-state index in [2.05, 4.69) is 15.6 Å². The van der Waals surface area contributed by atoms with Crippen LogP contribution in [-0.4, -0.2) is 21.2 Å². The normalized spacial score (nSPS) is 11.3. The number of fused-ring (bicyclic) bond motifs is 1. The van der Waals surface area contributed by atoms with E-state index in [9.17, 15) is 9.59 Å². The van der Waals surface area contributed by atoms with Crippen LogP contribution in [0.2, 0.25) is 5.15 Å². The Morgan fingerprint density at radius 1 is 1.18 bits per heavy atom. The van der Waals surface area contributed by atoms with Crippen molar-refractivity contribution in [2.24, 2.45) is 5.92 Å². The molecule has 2 N–H and O–H groups in total. The maximum Gasteiger partial charge on any atom is 0.244 e. The molecule has 2 amide bonds. The fraction of sp³-hybridized carbons (Fsp3) is 0.190. The summed E-state index contributed by atoms with van der Waals surface area (Å²) in [5, 5.41) is 5.99. The number of halogens is 1. The lowest BCUT2D eigenvalue weighted by Crippen LogP contribution is -2.20. The molecule has 0 saturated carbocycles. The van der Waals surface area contributed by atoms with E-state index in [-0.39, 0.29) is 17.7 Å². The molecule has 0 radical (unpaired) electrons. The maximum atomic E-state index is 12.1. The molecule has 0 atom stereocenters. The summed E-state index contributed by atoms with van der Waals surface area (Å²) in [6.07, 6.45) is 4.91. The number of amides is 2. The van der Waals surface area contributed by atoms with E-state index in [4.69, 9.17) is 11.6 Å². The summed E-state index contributed by atoms with van der Waals surface area (Å²) < 4.78 is 1.82. The van der Waals surface area contributed by atoms with Gasteiger partial charge in [0, 0.05) is 30.4 Å². The number of pyridine rings is 1. The van der Waals surface area contributed by atoms with Gasteiger partial charge in [-0.05, 0) is 35.9 Å². The summed E-state index contributed by atoms with van der Waals surface area (Å²) in [5.74, 6) is -0.344. The summed E-state index contributed by atoms with van der Waals surface area (Å²) >= 11 is 6.15. The molecule has 28 heavy (non-hydrogen) atoms. The van der Waals surface area contributed by atoms with Crippen LogP contribution in [0.15, 0.2) is 54.7 Å². The Morgan fingerprint density at radius 2 is 1.93 bits per heavy atom. The van der Waals surface area contributed by atoms with Crippen molar-refractivity contribution in [1.29, 1.82) is 0 Å². The van der Waals surface area contributed by atoms with Crippen LogP contribution in [0.25, 0.3) is 11.7 Å². The topological polar surface area (TPSA) is 75.5 Å². The highest BCUT2D eigenvalue weighted by molar-refractivity contribution is 6.31. The molecule has 7 heteroatoms. The van der Waals surface area contributed by atoms with Gasteiger partial charge in [-0.2, -0.15) is 0 Å². The Morgan fingerprint density at radius 3 is 2.64 bits per heavy atom. The van der Waals surface area contributed by atoms with Crippen LogP contribution >= 0.6 is 11.6 Å². The van der Waals surface area contributed by atoms with Crippen LogP contribution in [0, 0.1) is 5.92 Å². The zero-order chi connectivity index (χ0) is 20.1. The van der Waals surface area contributed by atoms with Gasteiger partial charge in [-0.3, -0.25) is 14.0 Å². The molecule has 0 unspecified atom stereocenters. The first-order valence-electron chi connectivity index (χ1n) is 8.92. The number of aromatic nitrogens is 2. The number of imidazole rings is 1. The van der Waals surface area contributed by atoms with Crippen LogP contribution in [0.1, 0.15) is 25.1 Å². The third-order valence-electron chi connectivity index (χ3n) is 4.13. The van der Waals surface area contributed by atoms with Crippen LogP contribution in [0.3, 0.4) is 0 Å². The van der Waals surface area contributed by atoms with Crippen LogP contribution in [0.5, 0.6) is 0 Å². The Bertz CT molecular complexity index is 1020. The van der Waals surface area contributed by atoms with Crippen molar-refractivity contribution in [3.05, 3.63) is 71.1 Å². The van der Waals surface area contributed by atoms with Crippen molar-refractivity contribution in [1.82, 2.24) is 14.7 Å². The second-order valence-corrected chi connectivity index (χ2v) is 6.97. The Hall–Kier alpha value is -3.12. The summed E-state index contributed by atoms with van der Waals surface area (Å²) in [6, 6.07) is 12.9. The van der Waals surface area contributed by atoms with Gasteiger partial charge in [-0.1, -0.05) is 43.6 Å². The summed E-state index contributed by atoms with van der Waals surface area (Å²) in [5.41, 5.74) is 3.03. The number of benzene rings is 1. The average molecular weight is 397 g/mol. The second-order valence-electron chi connectivity index (χ2n) is 6.61. The number of nitrogens with zero attached hydrogens (tertiary/aromatic N) is 2. The molecule has 0 spiro atoms. The van der Waals surface area contributed by atoms with E-state index in [0.717, 1.165) is 16.9 Å². The first kappa shape index (κ1) is 19.6. The van der Waals surface area contributed by atoms with Gasteiger partial charge < -0.3 is 10.6 Å².